The normalized spacial score (nSPS) is 14.1. The number of allylic oxidation sites excluding steroid dienone is 4. The molecular formula is C100H142N5O10+5. The molecule has 0 radical (unpaired) electrons. The van der Waals surface area contributed by atoms with Crippen LogP contribution in [0.2, 0.25) is 0 Å². The van der Waals surface area contributed by atoms with E-state index in [4.69, 9.17) is 23.7 Å². The van der Waals surface area contributed by atoms with Gasteiger partial charge in [-0.1, -0.05) is 224 Å². The van der Waals surface area contributed by atoms with E-state index in [2.05, 4.69) is 147 Å². The van der Waals surface area contributed by atoms with Crippen molar-refractivity contribution < 1.29 is 70.1 Å². The second-order valence-electron chi connectivity index (χ2n) is 32.5. The number of likely N-dealkylation sites (N-methyl/N-ethyl adjacent to an activating group) is 5. The molecule has 0 amide bonds. The number of fused-ring (bicyclic) bond motifs is 6. The number of quaternary nitrogens is 5. The first kappa shape index (κ1) is 93.3. The summed E-state index contributed by atoms with van der Waals surface area (Å²) in [5, 5.41) is 4.08. The van der Waals surface area contributed by atoms with Gasteiger partial charge in [0.15, 0.2) is 0 Å². The molecule has 4 aliphatic carbocycles. The number of nitrogens with zero attached hydrogens (tertiary/aromatic N) is 5. The summed E-state index contributed by atoms with van der Waals surface area (Å²) < 4.78 is 32.9. The summed E-state index contributed by atoms with van der Waals surface area (Å²) in [5.74, 6) is -0.924. The Morgan fingerprint density at radius 2 is 0.530 bits per heavy atom. The average Bonchev–Trinajstić information content (AvgIpc) is 1.51. The number of rotatable bonds is 40. The summed E-state index contributed by atoms with van der Waals surface area (Å²) in [7, 11) is 6.24. The van der Waals surface area contributed by atoms with E-state index in [1.54, 1.807) is 0 Å². The van der Waals surface area contributed by atoms with E-state index >= 15 is 0 Å². The van der Waals surface area contributed by atoms with Crippen LogP contribution in [0.3, 0.4) is 0 Å². The van der Waals surface area contributed by atoms with Gasteiger partial charge in [0, 0.05) is 0 Å². The fourth-order valence-corrected chi connectivity index (χ4v) is 16.7. The van der Waals surface area contributed by atoms with Crippen molar-refractivity contribution in [2.75, 3.05) is 165 Å². The molecule has 0 fully saturated rings. The minimum absolute atomic E-state index is 0.166. The topological polar surface area (TPSA) is 132 Å². The maximum absolute atomic E-state index is 13.2. The van der Waals surface area contributed by atoms with Gasteiger partial charge in [-0.15, -0.1) is 0 Å². The second kappa shape index (κ2) is 47.4. The van der Waals surface area contributed by atoms with Gasteiger partial charge in [0.25, 0.3) is 0 Å². The Morgan fingerprint density at radius 3 is 0.809 bits per heavy atom. The fourth-order valence-electron chi connectivity index (χ4n) is 16.7. The minimum atomic E-state index is -0.209. The maximum Gasteiger partial charge on any atom is 0.339 e. The predicted molar refractivity (Wildman–Crippen MR) is 475 cm³/mol. The third-order valence-corrected chi connectivity index (χ3v) is 24.2. The van der Waals surface area contributed by atoms with Crippen LogP contribution in [0, 0.1) is 0 Å². The molecule has 4 aliphatic rings. The quantitative estimate of drug-likeness (QED) is 0.0158. The molecule has 2 atom stereocenters. The van der Waals surface area contributed by atoms with Crippen LogP contribution in [0.1, 0.15) is 189 Å². The SMILES string of the molecule is CCCC[N+](CC)(CCC)CCOC(=O)C1=CCc2ccccc21.CCCC[N+](CC)(CCC)CCOC(=O)c1c2ccccc2cc2ccccc12.CCC[N+](CC)(CCC)CCOC(=O)C1=CCc2ccccc21.CC[N+](CC)(CC)CCOC(=O)C1=CCc2ccccc21.C[N+](C)(C)CCOC(=O)C1=CCc2ccccc21. The van der Waals surface area contributed by atoms with E-state index < -0.39 is 0 Å². The van der Waals surface area contributed by atoms with Gasteiger partial charge in [0.2, 0.25) is 0 Å². The Hall–Kier alpha value is -8.83. The molecule has 115 heavy (non-hydrogen) atoms. The van der Waals surface area contributed by atoms with Gasteiger partial charge in [-0.3, -0.25) is 0 Å². The van der Waals surface area contributed by atoms with Crippen molar-refractivity contribution in [3.8, 4) is 0 Å². The summed E-state index contributed by atoms with van der Waals surface area (Å²) in [4.78, 5) is 62.3. The average molecular weight is 1570 g/mol. The molecule has 2 unspecified atom stereocenters. The fraction of sp³-hybridized carbons (Fsp3) is 0.490. The number of carbonyl (C=O) groups is 5. The highest BCUT2D eigenvalue weighted by Gasteiger charge is 2.31. The van der Waals surface area contributed by atoms with Gasteiger partial charge < -0.3 is 46.1 Å². The van der Waals surface area contributed by atoms with Crippen LogP contribution in [-0.4, -0.2) is 218 Å². The molecule has 622 valence electrons. The molecule has 7 aromatic carbocycles. The lowest BCUT2D eigenvalue weighted by Gasteiger charge is -2.37. The van der Waals surface area contributed by atoms with Gasteiger partial charge in [0.05, 0.1) is 128 Å². The first-order valence-electron chi connectivity index (χ1n) is 43.7. The third-order valence-electron chi connectivity index (χ3n) is 24.2. The van der Waals surface area contributed by atoms with Crippen LogP contribution in [0.4, 0.5) is 0 Å². The molecular weight excluding hydrogens is 1430 g/mol. The van der Waals surface area contributed by atoms with Crippen molar-refractivity contribution in [2.45, 2.75) is 160 Å². The molecule has 0 saturated carbocycles. The molecule has 0 N–H and O–H groups in total. The van der Waals surface area contributed by atoms with E-state index in [1.807, 2.05) is 133 Å². The van der Waals surface area contributed by atoms with E-state index in [0.29, 0.717) is 44.2 Å². The minimum Gasteiger partial charge on any atom is -0.456 e. The van der Waals surface area contributed by atoms with Crippen molar-refractivity contribution in [2.24, 2.45) is 0 Å². The summed E-state index contributed by atoms with van der Waals surface area (Å²) >= 11 is 0. The number of esters is 5. The van der Waals surface area contributed by atoms with E-state index in [0.717, 1.165) is 213 Å². The van der Waals surface area contributed by atoms with Crippen LogP contribution >= 0.6 is 0 Å². The van der Waals surface area contributed by atoms with Crippen molar-refractivity contribution >= 4 is 73.7 Å². The maximum atomic E-state index is 13.2. The monoisotopic (exact) mass is 1570 g/mol. The first-order valence-corrected chi connectivity index (χ1v) is 43.7. The summed E-state index contributed by atoms with van der Waals surface area (Å²) in [6.07, 6.45) is 20.8. The van der Waals surface area contributed by atoms with Crippen LogP contribution in [0.5, 0.6) is 0 Å². The highest BCUT2D eigenvalue weighted by molar-refractivity contribution is 6.20. The highest BCUT2D eigenvalue weighted by atomic mass is 16.5. The zero-order valence-corrected chi connectivity index (χ0v) is 73.1. The smallest absolute Gasteiger partial charge is 0.339 e. The van der Waals surface area contributed by atoms with Gasteiger partial charge in [0.1, 0.15) is 65.8 Å². The summed E-state index contributed by atoms with van der Waals surface area (Å²) in [5.41, 5.74) is 12.6. The number of carbonyl (C=O) groups excluding carboxylic acids is 5. The standard InChI is InChI=1S/C26H34NO2.C21H32NO2.C20H30NO2.C18H26NO2.C15H20NO2/c1-4-7-17-27(6-3,16-5-2)18-19-29-26(28)25-23-14-10-8-12-21(23)20-22-13-9-11-15-24(22)25;1-4-7-15-22(6-3,14-5-2)16-17-24-21(23)20-13-12-18-10-8-9-11-19(18)20;1-4-13-21(6-3,14-5-2)15-16-23-20(22)19-12-11-17-9-7-8-10-18(17)19;1-4-19(5-2,6-3)13-14-21-18(20)17-12-11-15-9-7-8-10-16(15)17;1-16(2,3)10-11-18-15(17)14-9-8-12-6-4-5-7-13(12)14/h8-15,20H,4-7,16-19H2,1-3H3;8-11,13H,4-7,12,14-17H2,1-3H3;7-10,12H,4-6,11,13-16H2,1-3H3;7-10,12H,4-6,11,13-14H2,1-3H3;4-7,9H,8,10-11H2,1-3H3/q5*+1. The summed E-state index contributed by atoms with van der Waals surface area (Å²) in [6, 6.07) is 50.5. The molecule has 7 aromatic rings. The molecule has 15 nitrogen and oxygen atoms in total. The number of benzene rings is 7. The molecule has 11 rings (SSSR count). The molecule has 0 aromatic heterocycles. The molecule has 0 spiro atoms. The first-order chi connectivity index (χ1) is 55.6. The third kappa shape index (κ3) is 26.9. The Kier molecular flexibility index (Phi) is 38.5. The lowest BCUT2D eigenvalue weighted by atomic mass is 9.97. The predicted octanol–water partition coefficient (Wildman–Crippen LogP) is 19.2. The van der Waals surface area contributed by atoms with Crippen molar-refractivity contribution in [3.05, 3.63) is 226 Å². The molecule has 0 bridgehead atoms. The largest absolute Gasteiger partial charge is 0.456 e. The van der Waals surface area contributed by atoms with E-state index in [9.17, 15) is 24.0 Å². The van der Waals surface area contributed by atoms with Crippen LogP contribution in [0.15, 0.2) is 176 Å². The van der Waals surface area contributed by atoms with Crippen LogP contribution < -0.4 is 0 Å². The van der Waals surface area contributed by atoms with Gasteiger partial charge in [-0.25, -0.2) is 24.0 Å². The Labute approximate surface area is 691 Å². The van der Waals surface area contributed by atoms with E-state index in [-0.39, 0.29) is 29.8 Å². The van der Waals surface area contributed by atoms with Gasteiger partial charge in [-0.05, 0) is 178 Å². The Balaban J connectivity index is 0.000000201. The van der Waals surface area contributed by atoms with Crippen molar-refractivity contribution in [1.82, 2.24) is 0 Å². The van der Waals surface area contributed by atoms with Gasteiger partial charge >= 0.3 is 29.8 Å². The number of ether oxygens (including phenoxy) is 5. The van der Waals surface area contributed by atoms with Crippen molar-refractivity contribution in [1.29, 1.82) is 0 Å². The number of unbranched alkanes of at least 4 members (excludes halogenated alkanes) is 2. The lowest BCUT2D eigenvalue weighted by molar-refractivity contribution is -0.926. The second-order valence-corrected chi connectivity index (χ2v) is 32.5. The molecule has 0 heterocycles. The molecule has 15 heteroatoms. The van der Waals surface area contributed by atoms with Gasteiger partial charge in [-0.2, -0.15) is 0 Å². The van der Waals surface area contributed by atoms with Crippen LogP contribution in [-0.2, 0) is 68.5 Å². The lowest BCUT2D eigenvalue weighted by Crippen LogP contribution is -2.51. The van der Waals surface area contributed by atoms with Crippen LogP contribution in [0.25, 0.3) is 43.8 Å². The summed E-state index contributed by atoms with van der Waals surface area (Å²) in [6.45, 7) is 47.1. The molecule has 0 aliphatic heterocycles. The van der Waals surface area contributed by atoms with Crippen molar-refractivity contribution in [3.63, 3.8) is 0 Å². The number of hydrogen-bond acceptors (Lipinski definition) is 10. The zero-order chi connectivity index (χ0) is 83.3. The van der Waals surface area contributed by atoms with E-state index in [1.165, 1.54) is 80.3 Å². The Morgan fingerprint density at radius 1 is 0.278 bits per heavy atom. The molecule has 0 saturated heterocycles. The highest BCUT2D eigenvalue weighted by Crippen LogP contribution is 2.34. The zero-order valence-electron chi connectivity index (χ0n) is 73.1. The number of hydrogen-bond donors (Lipinski definition) is 0. The Bertz CT molecular complexity index is 4320.